The number of nitrogens with zero attached hydrogens (tertiary/aromatic N) is 1. The first-order valence-electron chi connectivity index (χ1n) is 9.63. The van der Waals surface area contributed by atoms with Gasteiger partial charge in [0.15, 0.2) is 6.29 Å². The molecule has 2 aromatic rings. The van der Waals surface area contributed by atoms with Gasteiger partial charge in [0.2, 0.25) is 10.0 Å². The zero-order valence-corrected chi connectivity index (χ0v) is 18.9. The molecule has 0 spiro atoms. The van der Waals surface area contributed by atoms with E-state index in [0.29, 0.717) is 11.3 Å². The lowest BCUT2D eigenvalue weighted by Gasteiger charge is -2.30. The molecule has 3 rings (SSSR count). The van der Waals surface area contributed by atoms with Gasteiger partial charge in [-0.2, -0.15) is 0 Å². The van der Waals surface area contributed by atoms with E-state index < -0.39 is 27.5 Å². The van der Waals surface area contributed by atoms with Crippen LogP contribution in [0.15, 0.2) is 53.4 Å². The van der Waals surface area contributed by atoms with Crippen molar-refractivity contribution in [2.24, 2.45) is 0 Å². The molecule has 0 saturated carbocycles. The first-order chi connectivity index (χ1) is 13.8. The van der Waals surface area contributed by atoms with Crippen LogP contribution in [0.3, 0.4) is 0 Å². The molecule has 7 nitrogen and oxygen atoms in total. The Bertz CT molecular complexity index is 1030. The Hall–Kier alpha value is -2.26. The van der Waals surface area contributed by atoms with Gasteiger partial charge in [-0.15, -0.1) is 0 Å². The van der Waals surface area contributed by atoms with Gasteiger partial charge in [0.1, 0.15) is 0 Å². The van der Waals surface area contributed by atoms with Crippen LogP contribution >= 0.6 is 0 Å². The summed E-state index contributed by atoms with van der Waals surface area (Å²) in [5, 5.41) is 2.83. The third-order valence-corrected chi connectivity index (χ3v) is 7.39. The molecule has 0 bridgehead atoms. The van der Waals surface area contributed by atoms with Crippen LogP contribution in [0.2, 0.25) is 0 Å². The number of rotatable bonds is 5. The van der Waals surface area contributed by atoms with E-state index >= 15 is 0 Å². The predicted molar refractivity (Wildman–Crippen MR) is 115 cm³/mol. The van der Waals surface area contributed by atoms with E-state index in [4.69, 9.17) is 9.47 Å². The van der Waals surface area contributed by atoms with E-state index in [0.717, 1.165) is 9.87 Å². The second-order valence-electron chi connectivity index (χ2n) is 8.48. The van der Waals surface area contributed by atoms with Crippen molar-refractivity contribution in [2.45, 2.75) is 50.1 Å². The van der Waals surface area contributed by atoms with Crippen LogP contribution in [0.5, 0.6) is 0 Å². The van der Waals surface area contributed by atoms with Gasteiger partial charge in [-0.25, -0.2) is 12.7 Å². The van der Waals surface area contributed by atoms with Crippen LogP contribution in [-0.4, -0.2) is 43.9 Å². The first-order valence-corrected chi connectivity index (χ1v) is 11.1. The number of anilines is 1. The second kappa shape index (κ2) is 7.77. The van der Waals surface area contributed by atoms with E-state index in [2.05, 4.69) is 5.32 Å². The van der Waals surface area contributed by atoms with Crippen LogP contribution < -0.4 is 5.32 Å². The Kier molecular flexibility index (Phi) is 5.81. The maximum Gasteiger partial charge on any atom is 0.255 e. The largest absolute Gasteiger partial charge is 0.339 e. The zero-order valence-electron chi connectivity index (χ0n) is 18.1. The Morgan fingerprint density at radius 3 is 2.07 bits per heavy atom. The van der Waals surface area contributed by atoms with E-state index in [9.17, 15) is 13.2 Å². The fraction of sp³-hybridized carbons (Fsp3) is 0.409. The molecule has 30 heavy (non-hydrogen) atoms. The lowest BCUT2D eigenvalue weighted by atomic mass is 9.90. The summed E-state index contributed by atoms with van der Waals surface area (Å²) in [6, 6.07) is 13.1. The molecule has 0 radical (unpaired) electrons. The normalized spacial score (nSPS) is 18.5. The van der Waals surface area contributed by atoms with Crippen molar-refractivity contribution in [1.82, 2.24) is 4.31 Å². The maximum absolute atomic E-state index is 12.6. The number of ether oxygens (including phenoxy) is 2. The maximum atomic E-state index is 12.6. The Balaban J connectivity index is 1.75. The second-order valence-corrected chi connectivity index (χ2v) is 10.6. The molecule has 1 amide bonds. The lowest BCUT2D eigenvalue weighted by molar-refractivity contribution is -0.0895. The van der Waals surface area contributed by atoms with Crippen molar-refractivity contribution in [3.05, 3.63) is 59.7 Å². The summed E-state index contributed by atoms with van der Waals surface area (Å²) < 4.78 is 37.6. The summed E-state index contributed by atoms with van der Waals surface area (Å²) in [5.41, 5.74) is 0.849. The number of hydrogen-bond donors (Lipinski definition) is 1. The van der Waals surface area contributed by atoms with Gasteiger partial charge in [0.25, 0.3) is 5.91 Å². The number of amides is 1. The van der Waals surface area contributed by atoms with Gasteiger partial charge in [0, 0.05) is 30.9 Å². The average molecular weight is 433 g/mol. The molecule has 1 aliphatic rings. The number of nitrogens with one attached hydrogen (secondary N) is 1. The number of hydrogen-bond acceptors (Lipinski definition) is 5. The molecule has 0 aliphatic carbocycles. The van der Waals surface area contributed by atoms with Crippen molar-refractivity contribution < 1.29 is 22.7 Å². The summed E-state index contributed by atoms with van der Waals surface area (Å²) in [6.45, 7) is 7.94. The van der Waals surface area contributed by atoms with Gasteiger partial charge in [-0.05, 0) is 64.1 Å². The van der Waals surface area contributed by atoms with E-state index in [1.807, 2.05) is 45.9 Å². The number of sulfonamides is 1. The summed E-state index contributed by atoms with van der Waals surface area (Å²) in [5.74, 6) is -0.338. The SMILES string of the molecule is CN(C)S(=O)(=O)c1ccc(C(=O)Nc2cccc(C3OC(C)(C)C(C)(C)O3)c2)cc1. The molecule has 1 saturated heterocycles. The Morgan fingerprint density at radius 2 is 1.53 bits per heavy atom. The van der Waals surface area contributed by atoms with Gasteiger partial charge in [-0.3, -0.25) is 4.79 Å². The highest BCUT2D eigenvalue weighted by atomic mass is 32.2. The molecule has 8 heteroatoms. The summed E-state index contributed by atoms with van der Waals surface area (Å²) in [6.07, 6.45) is -0.526. The van der Waals surface area contributed by atoms with Crippen molar-refractivity contribution in [2.75, 3.05) is 19.4 Å². The first kappa shape index (κ1) is 22.4. The molecule has 0 unspecified atom stereocenters. The molecule has 0 atom stereocenters. The minimum absolute atomic E-state index is 0.131. The molecular weight excluding hydrogens is 404 g/mol. The van der Waals surface area contributed by atoms with Gasteiger partial charge in [0.05, 0.1) is 16.1 Å². The molecule has 1 heterocycles. The molecular formula is C22H28N2O5S. The fourth-order valence-electron chi connectivity index (χ4n) is 2.93. The molecule has 0 aromatic heterocycles. The monoisotopic (exact) mass is 432 g/mol. The number of benzene rings is 2. The Labute approximate surface area is 178 Å². The smallest absolute Gasteiger partial charge is 0.255 e. The van der Waals surface area contributed by atoms with Crippen molar-refractivity contribution in [3.8, 4) is 0 Å². The quantitative estimate of drug-likeness (QED) is 0.777. The zero-order chi connectivity index (χ0) is 22.3. The lowest BCUT2D eigenvalue weighted by Crippen LogP contribution is -2.41. The molecule has 1 aliphatic heterocycles. The topological polar surface area (TPSA) is 84.9 Å². The third-order valence-electron chi connectivity index (χ3n) is 5.56. The van der Waals surface area contributed by atoms with Crippen LogP contribution in [-0.2, 0) is 19.5 Å². The van der Waals surface area contributed by atoms with E-state index in [1.165, 1.54) is 38.4 Å². The van der Waals surface area contributed by atoms with Crippen LogP contribution in [0.4, 0.5) is 5.69 Å². The number of carbonyl (C=O) groups is 1. The van der Waals surface area contributed by atoms with Crippen LogP contribution in [0.25, 0.3) is 0 Å². The fourth-order valence-corrected chi connectivity index (χ4v) is 3.84. The molecule has 1 fully saturated rings. The predicted octanol–water partition coefficient (Wildman–Crippen LogP) is 3.79. The van der Waals surface area contributed by atoms with Gasteiger partial charge < -0.3 is 14.8 Å². The third kappa shape index (κ3) is 4.27. The number of carbonyl (C=O) groups excluding carboxylic acids is 1. The summed E-state index contributed by atoms with van der Waals surface area (Å²) in [4.78, 5) is 12.7. The van der Waals surface area contributed by atoms with E-state index in [1.54, 1.807) is 6.07 Å². The highest BCUT2D eigenvalue weighted by molar-refractivity contribution is 7.89. The van der Waals surface area contributed by atoms with E-state index in [-0.39, 0.29) is 10.8 Å². The summed E-state index contributed by atoms with van der Waals surface area (Å²) >= 11 is 0. The summed E-state index contributed by atoms with van der Waals surface area (Å²) in [7, 11) is -0.616. The molecule has 162 valence electrons. The van der Waals surface area contributed by atoms with Crippen LogP contribution in [0.1, 0.15) is 49.9 Å². The minimum Gasteiger partial charge on any atom is -0.339 e. The molecule has 1 N–H and O–H groups in total. The Morgan fingerprint density at radius 1 is 0.967 bits per heavy atom. The molecule has 2 aromatic carbocycles. The highest BCUT2D eigenvalue weighted by Gasteiger charge is 2.49. The standard InChI is InChI=1S/C22H28N2O5S/c1-21(2)22(3,4)29-20(28-21)16-8-7-9-17(14-16)23-19(25)15-10-12-18(13-11-15)30(26,27)24(5)6/h7-14,20H,1-6H3,(H,23,25). The van der Waals surface area contributed by atoms with Crippen molar-refractivity contribution in [1.29, 1.82) is 0 Å². The van der Waals surface area contributed by atoms with Gasteiger partial charge in [-0.1, -0.05) is 12.1 Å². The minimum atomic E-state index is -3.54. The van der Waals surface area contributed by atoms with Gasteiger partial charge >= 0.3 is 0 Å². The van der Waals surface area contributed by atoms with Crippen LogP contribution in [0, 0.1) is 0 Å². The average Bonchev–Trinajstić information content (AvgIpc) is 2.89. The van der Waals surface area contributed by atoms with Crippen molar-refractivity contribution >= 4 is 21.6 Å². The highest BCUT2D eigenvalue weighted by Crippen LogP contribution is 2.44. The van der Waals surface area contributed by atoms with Crippen molar-refractivity contribution in [3.63, 3.8) is 0 Å².